The highest BCUT2D eigenvalue weighted by molar-refractivity contribution is 6.00. The van der Waals surface area contributed by atoms with E-state index in [4.69, 9.17) is 4.74 Å². The molecule has 1 saturated heterocycles. The standard InChI is InChI=1S/C27H46N2O2/c1-4-6-7-8-9-10-11-12-13-14-19-28(3)26(5-2)27(30)24-15-17-25(18-16-24)29-20-22-31-23-21-29/h15-18,26H,4-14,19-23H2,1-3H3. The summed E-state index contributed by atoms with van der Waals surface area (Å²) >= 11 is 0. The largest absolute Gasteiger partial charge is 0.378 e. The molecule has 1 atom stereocenters. The van der Waals surface area contributed by atoms with Gasteiger partial charge in [-0.25, -0.2) is 0 Å². The Labute approximate surface area is 191 Å². The lowest BCUT2D eigenvalue weighted by atomic mass is 10.00. The third kappa shape index (κ3) is 9.33. The van der Waals surface area contributed by atoms with Crippen molar-refractivity contribution in [1.29, 1.82) is 0 Å². The van der Waals surface area contributed by atoms with Crippen LogP contribution < -0.4 is 4.90 Å². The highest BCUT2D eigenvalue weighted by atomic mass is 16.5. The number of anilines is 1. The predicted molar refractivity (Wildman–Crippen MR) is 132 cm³/mol. The van der Waals surface area contributed by atoms with Crippen molar-refractivity contribution in [3.05, 3.63) is 29.8 Å². The minimum absolute atomic E-state index is 0.0206. The number of carbonyl (C=O) groups excluding carboxylic acids is 1. The van der Waals surface area contributed by atoms with Crippen LogP contribution in [0.4, 0.5) is 5.69 Å². The molecule has 4 heteroatoms. The second-order valence-electron chi connectivity index (χ2n) is 9.10. The Morgan fingerprint density at radius 1 is 0.903 bits per heavy atom. The zero-order valence-electron chi connectivity index (χ0n) is 20.4. The smallest absolute Gasteiger partial charge is 0.179 e. The van der Waals surface area contributed by atoms with E-state index in [-0.39, 0.29) is 11.8 Å². The summed E-state index contributed by atoms with van der Waals surface area (Å²) in [6.07, 6.45) is 14.3. The van der Waals surface area contributed by atoms with Crippen LogP contribution in [0.15, 0.2) is 24.3 Å². The van der Waals surface area contributed by atoms with Gasteiger partial charge in [-0.1, -0.05) is 71.6 Å². The average Bonchev–Trinajstić information content (AvgIpc) is 2.81. The molecule has 176 valence electrons. The lowest BCUT2D eigenvalue weighted by Crippen LogP contribution is -2.39. The summed E-state index contributed by atoms with van der Waals surface area (Å²) in [5.74, 6) is 0.255. The van der Waals surface area contributed by atoms with Gasteiger partial charge in [0.2, 0.25) is 0 Å². The van der Waals surface area contributed by atoms with Gasteiger partial charge in [0, 0.05) is 24.3 Å². The molecule has 1 unspecified atom stereocenters. The summed E-state index contributed by atoms with van der Waals surface area (Å²) < 4.78 is 5.43. The molecule has 0 radical (unpaired) electrons. The third-order valence-electron chi connectivity index (χ3n) is 6.61. The van der Waals surface area contributed by atoms with Crippen molar-refractivity contribution in [2.45, 2.75) is 90.5 Å². The number of unbranched alkanes of at least 4 members (excludes halogenated alkanes) is 9. The summed E-state index contributed by atoms with van der Waals surface area (Å²) in [4.78, 5) is 17.7. The molecule has 1 aromatic rings. The highest BCUT2D eigenvalue weighted by Crippen LogP contribution is 2.19. The number of nitrogens with zero attached hydrogens (tertiary/aromatic N) is 2. The van der Waals surface area contributed by atoms with Gasteiger partial charge in [-0.15, -0.1) is 0 Å². The van der Waals surface area contributed by atoms with Crippen LogP contribution in [0.3, 0.4) is 0 Å². The van der Waals surface area contributed by atoms with Crippen molar-refractivity contribution in [2.75, 3.05) is 44.8 Å². The Bertz CT molecular complexity index is 596. The van der Waals surface area contributed by atoms with Crippen molar-refractivity contribution >= 4 is 11.5 Å². The first-order valence-corrected chi connectivity index (χ1v) is 12.8. The van der Waals surface area contributed by atoms with Crippen LogP contribution in [0.5, 0.6) is 0 Å². The quantitative estimate of drug-likeness (QED) is 0.226. The molecule has 4 nitrogen and oxygen atoms in total. The molecule has 0 aromatic heterocycles. The minimum Gasteiger partial charge on any atom is -0.378 e. The number of ether oxygens (including phenoxy) is 1. The molecule has 0 aliphatic carbocycles. The molecule has 0 spiro atoms. The molecule has 2 rings (SSSR count). The lowest BCUT2D eigenvalue weighted by Gasteiger charge is -2.29. The first-order chi connectivity index (χ1) is 15.2. The molecule has 1 heterocycles. The summed E-state index contributed by atoms with van der Waals surface area (Å²) in [5.41, 5.74) is 2.02. The number of likely N-dealkylation sites (N-methyl/N-ethyl adjacent to an activating group) is 1. The zero-order chi connectivity index (χ0) is 22.3. The first-order valence-electron chi connectivity index (χ1n) is 12.8. The van der Waals surface area contributed by atoms with Gasteiger partial charge in [-0.3, -0.25) is 9.69 Å². The molecule has 31 heavy (non-hydrogen) atoms. The van der Waals surface area contributed by atoms with Gasteiger partial charge < -0.3 is 9.64 Å². The Kier molecular flexibility index (Phi) is 12.9. The van der Waals surface area contributed by atoms with E-state index in [1.807, 2.05) is 12.1 Å². The summed E-state index contributed by atoms with van der Waals surface area (Å²) in [6.45, 7) is 8.81. The fourth-order valence-corrected chi connectivity index (χ4v) is 4.55. The normalized spacial score (nSPS) is 15.4. The Balaban J connectivity index is 1.68. The van der Waals surface area contributed by atoms with E-state index in [2.05, 4.69) is 42.8 Å². The molecule has 1 aliphatic rings. The highest BCUT2D eigenvalue weighted by Gasteiger charge is 2.22. The fraction of sp³-hybridized carbons (Fsp3) is 0.741. The Morgan fingerprint density at radius 3 is 2.00 bits per heavy atom. The van der Waals surface area contributed by atoms with Gasteiger partial charge in [0.05, 0.1) is 19.3 Å². The van der Waals surface area contributed by atoms with Crippen molar-refractivity contribution in [1.82, 2.24) is 4.90 Å². The fourth-order valence-electron chi connectivity index (χ4n) is 4.55. The van der Waals surface area contributed by atoms with Gasteiger partial charge in [-0.2, -0.15) is 0 Å². The van der Waals surface area contributed by atoms with Crippen LogP contribution in [0.2, 0.25) is 0 Å². The van der Waals surface area contributed by atoms with Crippen molar-refractivity contribution in [2.24, 2.45) is 0 Å². The SMILES string of the molecule is CCCCCCCCCCCCN(C)C(CC)C(=O)c1ccc(N2CCOCC2)cc1. The van der Waals surface area contributed by atoms with Crippen LogP contribution >= 0.6 is 0 Å². The van der Waals surface area contributed by atoms with Gasteiger partial charge in [-0.05, 0) is 50.7 Å². The number of morpholine rings is 1. The number of rotatable bonds is 16. The number of hydrogen-bond acceptors (Lipinski definition) is 4. The Morgan fingerprint density at radius 2 is 1.45 bits per heavy atom. The van der Waals surface area contributed by atoms with Crippen molar-refractivity contribution in [3.8, 4) is 0 Å². The van der Waals surface area contributed by atoms with Crippen molar-refractivity contribution < 1.29 is 9.53 Å². The number of hydrogen-bond donors (Lipinski definition) is 0. The molecule has 1 aliphatic heterocycles. The van der Waals surface area contributed by atoms with Crippen LogP contribution in [-0.2, 0) is 4.74 Å². The summed E-state index contributed by atoms with van der Waals surface area (Å²) in [5, 5.41) is 0. The van der Waals surface area contributed by atoms with Gasteiger partial charge in [0.15, 0.2) is 5.78 Å². The number of ketones is 1. The second-order valence-corrected chi connectivity index (χ2v) is 9.10. The van der Waals surface area contributed by atoms with E-state index < -0.39 is 0 Å². The van der Waals surface area contributed by atoms with Gasteiger partial charge in [0.1, 0.15) is 0 Å². The van der Waals surface area contributed by atoms with Crippen molar-refractivity contribution in [3.63, 3.8) is 0 Å². The second kappa shape index (κ2) is 15.4. The molecule has 1 aromatic carbocycles. The van der Waals surface area contributed by atoms with E-state index in [0.29, 0.717) is 0 Å². The topological polar surface area (TPSA) is 32.8 Å². The Hall–Kier alpha value is -1.39. The van der Waals surface area contributed by atoms with Crippen LogP contribution in [0.25, 0.3) is 0 Å². The van der Waals surface area contributed by atoms with Crippen LogP contribution in [0, 0.1) is 0 Å². The van der Waals surface area contributed by atoms with Gasteiger partial charge in [0.25, 0.3) is 0 Å². The maximum atomic E-state index is 13.1. The molecular formula is C27H46N2O2. The third-order valence-corrected chi connectivity index (χ3v) is 6.61. The zero-order valence-corrected chi connectivity index (χ0v) is 20.4. The van der Waals surface area contributed by atoms with E-state index >= 15 is 0 Å². The van der Waals surface area contributed by atoms with E-state index in [9.17, 15) is 4.79 Å². The summed E-state index contributed by atoms with van der Waals surface area (Å²) in [7, 11) is 2.11. The monoisotopic (exact) mass is 430 g/mol. The number of Topliss-reactive ketones (excluding diaryl/α,β-unsaturated/α-hetero) is 1. The molecule has 0 saturated carbocycles. The molecule has 0 bridgehead atoms. The molecular weight excluding hydrogens is 384 g/mol. The molecule has 1 fully saturated rings. The van der Waals surface area contributed by atoms with E-state index in [1.165, 1.54) is 69.9 Å². The number of carbonyl (C=O) groups is 1. The van der Waals surface area contributed by atoms with Gasteiger partial charge >= 0.3 is 0 Å². The molecule has 0 amide bonds. The summed E-state index contributed by atoms with van der Waals surface area (Å²) in [6, 6.07) is 8.17. The number of benzene rings is 1. The first kappa shape index (κ1) is 25.9. The average molecular weight is 431 g/mol. The lowest BCUT2D eigenvalue weighted by molar-refractivity contribution is 0.0844. The maximum absolute atomic E-state index is 13.1. The maximum Gasteiger partial charge on any atom is 0.179 e. The van der Waals surface area contributed by atoms with Crippen LogP contribution in [-0.4, -0.2) is 56.6 Å². The minimum atomic E-state index is -0.0206. The van der Waals surface area contributed by atoms with E-state index in [1.54, 1.807) is 0 Å². The predicted octanol–water partition coefficient (Wildman–Crippen LogP) is 6.34. The molecule has 0 N–H and O–H groups in total. The van der Waals surface area contributed by atoms with E-state index in [0.717, 1.165) is 44.8 Å². The van der Waals surface area contributed by atoms with Crippen LogP contribution in [0.1, 0.15) is 94.8 Å².